The van der Waals surface area contributed by atoms with E-state index < -0.39 is 0 Å². The Labute approximate surface area is 121 Å². The Morgan fingerprint density at radius 1 is 1.58 bits per heavy atom. The fourth-order valence-electron chi connectivity index (χ4n) is 2.33. The minimum absolute atomic E-state index is 0.0381. The molecule has 0 bridgehead atoms. The summed E-state index contributed by atoms with van der Waals surface area (Å²) < 4.78 is 6.70. The van der Waals surface area contributed by atoms with Crippen molar-refractivity contribution in [3.05, 3.63) is 28.7 Å². The van der Waals surface area contributed by atoms with Crippen LogP contribution in [0.5, 0.6) is 5.75 Å². The van der Waals surface area contributed by atoms with Crippen LogP contribution in [0.15, 0.2) is 33.9 Å². The number of rotatable bonds is 5. The summed E-state index contributed by atoms with van der Waals surface area (Å²) in [5, 5.41) is 11.9. The number of hydrogen-bond acceptors (Lipinski definition) is 4. The van der Waals surface area contributed by atoms with E-state index in [9.17, 15) is 0 Å². The lowest BCUT2D eigenvalue weighted by Gasteiger charge is -2.23. The van der Waals surface area contributed by atoms with Gasteiger partial charge >= 0.3 is 0 Å². The van der Waals surface area contributed by atoms with Gasteiger partial charge in [-0.05, 0) is 37.6 Å². The number of hydrogen-bond donors (Lipinski definition) is 2. The summed E-state index contributed by atoms with van der Waals surface area (Å²) in [6.07, 6.45) is 2.00. The number of nitrogens with two attached hydrogens (primary N) is 1. The van der Waals surface area contributed by atoms with Gasteiger partial charge in [-0.1, -0.05) is 27.2 Å². The molecule has 1 aromatic rings. The average Bonchev–Trinajstić information content (AvgIpc) is 2.86. The molecule has 6 heteroatoms. The molecule has 0 saturated carbocycles. The molecule has 0 aromatic heterocycles. The van der Waals surface area contributed by atoms with Crippen molar-refractivity contribution < 1.29 is 9.94 Å². The summed E-state index contributed by atoms with van der Waals surface area (Å²) in [6.45, 7) is 2.32. The number of nitrogens with zero attached hydrogens (tertiary/aromatic N) is 2. The summed E-state index contributed by atoms with van der Waals surface area (Å²) >= 11 is 3.41. The molecular formula is C13H18BrN3O2. The summed E-state index contributed by atoms with van der Waals surface area (Å²) in [6, 6.07) is 7.80. The quantitative estimate of drug-likeness (QED) is 0.376. The average molecular weight is 328 g/mol. The van der Waals surface area contributed by atoms with E-state index in [0.29, 0.717) is 12.4 Å². The van der Waals surface area contributed by atoms with Gasteiger partial charge in [0.1, 0.15) is 12.4 Å². The zero-order valence-electron chi connectivity index (χ0n) is 10.6. The molecule has 19 heavy (non-hydrogen) atoms. The van der Waals surface area contributed by atoms with Gasteiger partial charge in [0, 0.05) is 11.0 Å². The smallest absolute Gasteiger partial charge is 0.156 e. The monoisotopic (exact) mass is 327 g/mol. The van der Waals surface area contributed by atoms with Gasteiger partial charge in [0.25, 0.3) is 0 Å². The molecule has 1 aromatic carbocycles. The summed E-state index contributed by atoms with van der Waals surface area (Å²) in [7, 11) is 0. The topological polar surface area (TPSA) is 71.1 Å². The number of amidine groups is 1. The third-order valence-corrected chi connectivity index (χ3v) is 3.76. The minimum Gasteiger partial charge on any atom is -0.492 e. The second-order valence-electron chi connectivity index (χ2n) is 4.52. The summed E-state index contributed by atoms with van der Waals surface area (Å²) in [4.78, 5) is 2.19. The highest BCUT2D eigenvalue weighted by molar-refractivity contribution is 9.10. The maximum Gasteiger partial charge on any atom is 0.156 e. The molecule has 1 aliphatic heterocycles. The third kappa shape index (κ3) is 3.84. The van der Waals surface area contributed by atoms with E-state index in [1.54, 1.807) is 0 Å². The standard InChI is InChI=1S/C13H18BrN3O2/c14-10-3-1-4-11(9-10)19-8-7-17-6-2-5-12(17)13(15)16-18/h1,3-4,9,12,18H,2,5-8H2,(H2,15,16). The zero-order chi connectivity index (χ0) is 13.7. The highest BCUT2D eigenvalue weighted by atomic mass is 79.9. The lowest BCUT2D eigenvalue weighted by molar-refractivity contribution is 0.217. The largest absolute Gasteiger partial charge is 0.492 e. The van der Waals surface area contributed by atoms with Gasteiger partial charge in [0.05, 0.1) is 6.04 Å². The Morgan fingerprint density at radius 2 is 2.42 bits per heavy atom. The van der Waals surface area contributed by atoms with Gasteiger partial charge in [-0.2, -0.15) is 0 Å². The van der Waals surface area contributed by atoms with Gasteiger partial charge in [-0.15, -0.1) is 0 Å². The molecule has 1 atom stereocenters. The van der Waals surface area contributed by atoms with E-state index in [2.05, 4.69) is 26.0 Å². The predicted molar refractivity (Wildman–Crippen MR) is 77.6 cm³/mol. The van der Waals surface area contributed by atoms with Crippen molar-refractivity contribution in [1.29, 1.82) is 0 Å². The molecular weight excluding hydrogens is 310 g/mol. The first-order valence-corrected chi connectivity index (χ1v) is 7.10. The molecule has 3 N–H and O–H groups in total. The van der Waals surface area contributed by atoms with Crippen LogP contribution >= 0.6 is 15.9 Å². The summed E-state index contributed by atoms with van der Waals surface area (Å²) in [5.41, 5.74) is 5.68. The second-order valence-corrected chi connectivity index (χ2v) is 5.44. The molecule has 1 saturated heterocycles. The van der Waals surface area contributed by atoms with Crippen molar-refractivity contribution in [2.24, 2.45) is 10.9 Å². The van der Waals surface area contributed by atoms with Crippen LogP contribution < -0.4 is 10.5 Å². The number of oxime groups is 1. The van der Waals surface area contributed by atoms with Crippen molar-refractivity contribution in [2.75, 3.05) is 19.7 Å². The molecule has 5 nitrogen and oxygen atoms in total. The zero-order valence-corrected chi connectivity index (χ0v) is 12.2. The van der Waals surface area contributed by atoms with E-state index in [1.807, 2.05) is 24.3 Å². The SMILES string of the molecule is NC(=NO)C1CCCN1CCOc1cccc(Br)c1. The lowest BCUT2D eigenvalue weighted by atomic mass is 10.2. The van der Waals surface area contributed by atoms with Crippen molar-refractivity contribution in [3.8, 4) is 5.75 Å². The number of likely N-dealkylation sites (tertiary alicyclic amines) is 1. The highest BCUT2D eigenvalue weighted by Crippen LogP contribution is 2.19. The molecule has 104 valence electrons. The molecule has 1 aliphatic rings. The van der Waals surface area contributed by atoms with Gasteiger partial charge in [-0.3, -0.25) is 4.90 Å². The Hall–Kier alpha value is -1.27. The molecule has 0 aliphatic carbocycles. The van der Waals surface area contributed by atoms with Gasteiger partial charge in [-0.25, -0.2) is 0 Å². The molecule has 0 spiro atoms. The predicted octanol–water partition coefficient (Wildman–Crippen LogP) is 2.04. The van der Waals surface area contributed by atoms with Crippen molar-refractivity contribution in [3.63, 3.8) is 0 Å². The third-order valence-electron chi connectivity index (χ3n) is 3.26. The number of ether oxygens (including phenoxy) is 1. The van der Waals surface area contributed by atoms with Gasteiger partial charge in [0.2, 0.25) is 0 Å². The van der Waals surface area contributed by atoms with Crippen LogP contribution in [0.4, 0.5) is 0 Å². The van der Waals surface area contributed by atoms with E-state index in [-0.39, 0.29) is 6.04 Å². The molecule has 1 heterocycles. The van der Waals surface area contributed by atoms with Crippen LogP contribution in [-0.4, -0.2) is 41.7 Å². The van der Waals surface area contributed by atoms with Crippen LogP contribution in [0.3, 0.4) is 0 Å². The second kappa shape index (κ2) is 6.77. The fourth-order valence-corrected chi connectivity index (χ4v) is 2.71. The van der Waals surface area contributed by atoms with Crippen LogP contribution in [0.1, 0.15) is 12.8 Å². The van der Waals surface area contributed by atoms with E-state index in [1.165, 1.54) is 0 Å². The van der Waals surface area contributed by atoms with Crippen LogP contribution in [0, 0.1) is 0 Å². The molecule has 1 fully saturated rings. The Morgan fingerprint density at radius 3 is 3.16 bits per heavy atom. The Balaban J connectivity index is 1.82. The van der Waals surface area contributed by atoms with E-state index in [0.717, 1.165) is 36.2 Å². The van der Waals surface area contributed by atoms with Crippen LogP contribution in [0.25, 0.3) is 0 Å². The maximum absolute atomic E-state index is 8.75. The van der Waals surface area contributed by atoms with Gasteiger partial charge in [0.15, 0.2) is 5.84 Å². The Kier molecular flexibility index (Phi) is 5.04. The normalized spacial score (nSPS) is 20.7. The van der Waals surface area contributed by atoms with E-state index in [4.69, 9.17) is 15.7 Å². The highest BCUT2D eigenvalue weighted by Gasteiger charge is 2.27. The summed E-state index contributed by atoms with van der Waals surface area (Å²) in [5.74, 6) is 1.13. The first kappa shape index (κ1) is 14.1. The van der Waals surface area contributed by atoms with Crippen molar-refractivity contribution >= 4 is 21.8 Å². The molecule has 2 rings (SSSR count). The number of halogens is 1. The molecule has 0 amide bonds. The molecule has 1 unspecified atom stereocenters. The first-order valence-electron chi connectivity index (χ1n) is 6.30. The fraction of sp³-hybridized carbons (Fsp3) is 0.462. The van der Waals surface area contributed by atoms with Crippen molar-refractivity contribution in [1.82, 2.24) is 4.90 Å². The lowest BCUT2D eigenvalue weighted by Crippen LogP contribution is -2.42. The van der Waals surface area contributed by atoms with Crippen LogP contribution in [0.2, 0.25) is 0 Å². The van der Waals surface area contributed by atoms with Crippen LogP contribution in [-0.2, 0) is 0 Å². The maximum atomic E-state index is 8.75. The Bertz CT molecular complexity index is 453. The number of benzene rings is 1. The van der Waals surface area contributed by atoms with Gasteiger partial charge < -0.3 is 15.7 Å². The first-order chi connectivity index (χ1) is 9.20. The molecule has 0 radical (unpaired) electrons. The van der Waals surface area contributed by atoms with Crippen molar-refractivity contribution in [2.45, 2.75) is 18.9 Å². The van der Waals surface area contributed by atoms with E-state index >= 15 is 0 Å². The minimum atomic E-state index is 0.0381.